The first-order valence-electron chi connectivity index (χ1n) is 6.45. The Morgan fingerprint density at radius 3 is 2.65 bits per heavy atom. The Morgan fingerprint density at radius 2 is 1.94 bits per heavy atom. The molecule has 4 nitrogen and oxygen atoms in total. The summed E-state index contributed by atoms with van der Waals surface area (Å²) in [6.07, 6.45) is 7.85. The summed E-state index contributed by atoms with van der Waals surface area (Å²) >= 11 is 0. The van der Waals surface area contributed by atoms with Crippen LogP contribution >= 0.6 is 12.4 Å². The lowest BCUT2D eigenvalue weighted by molar-refractivity contribution is 0.359. The van der Waals surface area contributed by atoms with E-state index < -0.39 is 0 Å². The molecule has 3 rings (SSSR count). The lowest BCUT2D eigenvalue weighted by Gasteiger charge is -2.00. The van der Waals surface area contributed by atoms with Gasteiger partial charge in [-0.3, -0.25) is 0 Å². The molecule has 0 amide bonds. The average molecular weight is 258 g/mol. The molecule has 2 aliphatic carbocycles. The fourth-order valence-corrected chi connectivity index (χ4v) is 2.39. The molecule has 1 aromatic rings. The van der Waals surface area contributed by atoms with Crippen molar-refractivity contribution in [3.8, 4) is 0 Å². The van der Waals surface area contributed by atoms with Crippen molar-refractivity contribution in [1.29, 1.82) is 0 Å². The molecule has 96 valence electrons. The molecular weight excluding hydrogens is 238 g/mol. The SMILES string of the molecule is C1CCC(c2noc(CNCC3CC3)n2)C1.Cl. The van der Waals surface area contributed by atoms with Crippen LogP contribution in [0.4, 0.5) is 0 Å². The second-order valence-corrected chi connectivity index (χ2v) is 5.10. The molecule has 0 aromatic carbocycles. The van der Waals surface area contributed by atoms with E-state index in [2.05, 4.69) is 15.5 Å². The van der Waals surface area contributed by atoms with Crippen LogP contribution in [0.1, 0.15) is 56.2 Å². The van der Waals surface area contributed by atoms with Crippen LogP contribution < -0.4 is 5.32 Å². The van der Waals surface area contributed by atoms with Gasteiger partial charge in [-0.05, 0) is 38.1 Å². The average Bonchev–Trinajstić information content (AvgIpc) is 2.83. The van der Waals surface area contributed by atoms with Crippen molar-refractivity contribution in [3.63, 3.8) is 0 Å². The van der Waals surface area contributed by atoms with E-state index >= 15 is 0 Å². The first-order valence-corrected chi connectivity index (χ1v) is 6.45. The molecular formula is C12H20ClN3O. The summed E-state index contributed by atoms with van der Waals surface area (Å²) in [7, 11) is 0. The third-order valence-electron chi connectivity index (χ3n) is 3.61. The van der Waals surface area contributed by atoms with E-state index in [0.29, 0.717) is 5.92 Å². The van der Waals surface area contributed by atoms with Gasteiger partial charge in [0.1, 0.15) is 0 Å². The molecule has 1 heterocycles. The summed E-state index contributed by atoms with van der Waals surface area (Å²) in [4.78, 5) is 4.47. The zero-order valence-electron chi connectivity index (χ0n) is 10.0. The summed E-state index contributed by atoms with van der Waals surface area (Å²) in [5.74, 6) is 3.14. The van der Waals surface area contributed by atoms with Crippen LogP contribution in [0.2, 0.25) is 0 Å². The first kappa shape index (κ1) is 12.8. The van der Waals surface area contributed by atoms with Gasteiger partial charge in [-0.2, -0.15) is 4.98 Å². The lowest BCUT2D eigenvalue weighted by atomic mass is 10.1. The van der Waals surface area contributed by atoms with Gasteiger partial charge in [0.05, 0.1) is 6.54 Å². The Balaban J connectivity index is 0.00000108. The minimum Gasteiger partial charge on any atom is -0.338 e. The van der Waals surface area contributed by atoms with E-state index in [4.69, 9.17) is 4.52 Å². The molecule has 1 aromatic heterocycles. The van der Waals surface area contributed by atoms with Gasteiger partial charge in [0, 0.05) is 5.92 Å². The summed E-state index contributed by atoms with van der Waals surface area (Å²) < 4.78 is 5.26. The molecule has 5 heteroatoms. The topological polar surface area (TPSA) is 51.0 Å². The fourth-order valence-electron chi connectivity index (χ4n) is 2.39. The van der Waals surface area contributed by atoms with Crippen LogP contribution in [-0.4, -0.2) is 16.7 Å². The Bertz CT molecular complexity index is 345. The van der Waals surface area contributed by atoms with Crippen LogP contribution in [0.25, 0.3) is 0 Å². The van der Waals surface area contributed by atoms with Crippen molar-refractivity contribution in [3.05, 3.63) is 11.7 Å². The van der Waals surface area contributed by atoms with Crippen molar-refractivity contribution in [2.24, 2.45) is 5.92 Å². The number of nitrogens with zero attached hydrogens (tertiary/aromatic N) is 2. The summed E-state index contributed by atoms with van der Waals surface area (Å²) in [5, 5.41) is 7.46. The number of halogens is 1. The van der Waals surface area contributed by atoms with Gasteiger partial charge in [-0.1, -0.05) is 18.0 Å². The van der Waals surface area contributed by atoms with E-state index in [1.165, 1.54) is 38.5 Å². The minimum absolute atomic E-state index is 0. The number of hydrogen-bond acceptors (Lipinski definition) is 4. The van der Waals surface area contributed by atoms with Crippen LogP contribution in [0.5, 0.6) is 0 Å². The highest BCUT2D eigenvalue weighted by atomic mass is 35.5. The quantitative estimate of drug-likeness (QED) is 0.881. The maximum absolute atomic E-state index is 5.26. The third-order valence-corrected chi connectivity index (χ3v) is 3.61. The Kier molecular flexibility index (Phi) is 4.40. The van der Waals surface area contributed by atoms with Gasteiger partial charge < -0.3 is 9.84 Å². The first-order chi connectivity index (χ1) is 7.92. The molecule has 2 fully saturated rings. The molecule has 2 aliphatic rings. The largest absolute Gasteiger partial charge is 0.338 e. The Morgan fingerprint density at radius 1 is 1.18 bits per heavy atom. The van der Waals surface area contributed by atoms with Crippen molar-refractivity contribution in [1.82, 2.24) is 15.5 Å². The molecule has 0 radical (unpaired) electrons. The summed E-state index contributed by atoms with van der Waals surface area (Å²) in [5.41, 5.74) is 0. The van der Waals surface area contributed by atoms with Crippen LogP contribution in [0, 0.1) is 5.92 Å². The van der Waals surface area contributed by atoms with Crippen LogP contribution in [0.3, 0.4) is 0 Å². The normalized spacial score (nSPS) is 20.5. The van der Waals surface area contributed by atoms with Crippen LogP contribution in [0.15, 0.2) is 4.52 Å². The third kappa shape index (κ3) is 3.42. The zero-order valence-corrected chi connectivity index (χ0v) is 10.8. The van der Waals surface area contributed by atoms with Gasteiger partial charge in [0.2, 0.25) is 5.89 Å². The Labute approximate surface area is 108 Å². The second kappa shape index (κ2) is 5.83. The van der Waals surface area contributed by atoms with E-state index in [0.717, 1.165) is 30.7 Å². The molecule has 17 heavy (non-hydrogen) atoms. The Hall–Kier alpha value is -0.610. The summed E-state index contributed by atoms with van der Waals surface area (Å²) in [6, 6.07) is 0. The highest BCUT2D eigenvalue weighted by molar-refractivity contribution is 5.85. The lowest BCUT2D eigenvalue weighted by Crippen LogP contribution is -2.16. The second-order valence-electron chi connectivity index (χ2n) is 5.10. The van der Waals surface area contributed by atoms with E-state index in [1.54, 1.807) is 0 Å². The smallest absolute Gasteiger partial charge is 0.240 e. The number of nitrogens with one attached hydrogen (secondary N) is 1. The maximum atomic E-state index is 5.26. The maximum Gasteiger partial charge on any atom is 0.240 e. The molecule has 0 atom stereocenters. The summed E-state index contributed by atoms with van der Waals surface area (Å²) in [6.45, 7) is 1.83. The molecule has 0 spiro atoms. The van der Waals surface area contributed by atoms with Crippen molar-refractivity contribution < 1.29 is 4.52 Å². The standard InChI is InChI=1S/C12H19N3O.ClH/c1-2-4-10(3-1)12-14-11(16-15-12)8-13-7-9-5-6-9;/h9-10,13H,1-8H2;1H. The zero-order chi connectivity index (χ0) is 10.8. The number of aromatic nitrogens is 2. The van der Waals surface area contributed by atoms with E-state index in [9.17, 15) is 0 Å². The number of rotatable bonds is 5. The molecule has 0 unspecified atom stereocenters. The van der Waals surface area contributed by atoms with E-state index in [-0.39, 0.29) is 12.4 Å². The predicted octanol–water partition coefficient (Wildman–Crippen LogP) is 2.65. The van der Waals surface area contributed by atoms with Crippen molar-refractivity contribution in [2.75, 3.05) is 6.54 Å². The van der Waals surface area contributed by atoms with Crippen LogP contribution in [-0.2, 0) is 6.54 Å². The molecule has 2 saturated carbocycles. The van der Waals surface area contributed by atoms with Crippen molar-refractivity contribution >= 4 is 12.4 Å². The van der Waals surface area contributed by atoms with E-state index in [1.807, 2.05) is 0 Å². The fraction of sp³-hybridized carbons (Fsp3) is 0.833. The molecule has 0 saturated heterocycles. The monoisotopic (exact) mass is 257 g/mol. The van der Waals surface area contributed by atoms with Gasteiger partial charge in [-0.15, -0.1) is 12.4 Å². The van der Waals surface area contributed by atoms with Gasteiger partial charge in [0.25, 0.3) is 0 Å². The predicted molar refractivity (Wildman–Crippen MR) is 67.2 cm³/mol. The molecule has 0 aliphatic heterocycles. The molecule has 1 N–H and O–H groups in total. The van der Waals surface area contributed by atoms with Crippen molar-refractivity contribution in [2.45, 2.75) is 51.0 Å². The number of hydrogen-bond donors (Lipinski definition) is 1. The highest BCUT2D eigenvalue weighted by Gasteiger charge is 2.23. The highest BCUT2D eigenvalue weighted by Crippen LogP contribution is 2.32. The minimum atomic E-state index is 0. The van der Waals surface area contributed by atoms with Gasteiger partial charge >= 0.3 is 0 Å². The van der Waals surface area contributed by atoms with Gasteiger partial charge in [-0.25, -0.2) is 0 Å². The van der Waals surface area contributed by atoms with Gasteiger partial charge in [0.15, 0.2) is 5.82 Å². The molecule has 0 bridgehead atoms.